The number of carbonyl (C=O) groups is 1. The first-order valence-electron chi connectivity index (χ1n) is 6.35. The van der Waals surface area contributed by atoms with Gasteiger partial charge in [0.15, 0.2) is 17.5 Å². The summed E-state index contributed by atoms with van der Waals surface area (Å²) in [5.74, 6) is -3.19. The van der Waals surface area contributed by atoms with Crippen LogP contribution in [-0.4, -0.2) is 31.3 Å². The van der Waals surface area contributed by atoms with E-state index >= 15 is 0 Å². The number of hydrogen-bond donors (Lipinski definition) is 1. The number of carboxylic acids is 1. The van der Waals surface area contributed by atoms with Crippen molar-refractivity contribution in [1.29, 1.82) is 0 Å². The number of hydrogen-bond acceptors (Lipinski definition) is 4. The molecule has 0 saturated carbocycles. The molecule has 6 nitrogen and oxygen atoms in total. The molecule has 1 atom stereocenters. The molecule has 21 heavy (non-hydrogen) atoms. The SMILES string of the molecule is CC(C)C(CC(=O)O)n1nnnc1-c1cccc(F)c1F. The number of aliphatic carboxylic acids is 1. The molecule has 0 saturated heterocycles. The van der Waals surface area contributed by atoms with Gasteiger partial charge in [0.05, 0.1) is 18.0 Å². The second-order valence-electron chi connectivity index (χ2n) is 4.96. The summed E-state index contributed by atoms with van der Waals surface area (Å²) in [6, 6.07) is 3.12. The number of aromatic nitrogens is 4. The van der Waals surface area contributed by atoms with E-state index in [9.17, 15) is 13.6 Å². The molecular formula is C13H14F2N4O2. The molecule has 1 heterocycles. The molecule has 2 aromatic rings. The average molecular weight is 296 g/mol. The van der Waals surface area contributed by atoms with Gasteiger partial charge >= 0.3 is 5.97 Å². The summed E-state index contributed by atoms with van der Waals surface area (Å²) in [6.45, 7) is 3.61. The third-order valence-corrected chi connectivity index (χ3v) is 3.15. The van der Waals surface area contributed by atoms with E-state index in [0.29, 0.717) is 0 Å². The Morgan fingerprint density at radius 3 is 2.71 bits per heavy atom. The van der Waals surface area contributed by atoms with Gasteiger partial charge in [-0.15, -0.1) is 5.10 Å². The largest absolute Gasteiger partial charge is 0.481 e. The monoisotopic (exact) mass is 296 g/mol. The van der Waals surface area contributed by atoms with Gasteiger partial charge in [0.25, 0.3) is 0 Å². The quantitative estimate of drug-likeness (QED) is 0.915. The van der Waals surface area contributed by atoms with Crippen LogP contribution in [0.25, 0.3) is 11.4 Å². The molecule has 1 unspecified atom stereocenters. The van der Waals surface area contributed by atoms with Crippen LogP contribution in [0.3, 0.4) is 0 Å². The van der Waals surface area contributed by atoms with Gasteiger partial charge in [-0.1, -0.05) is 19.9 Å². The summed E-state index contributed by atoms with van der Waals surface area (Å²) in [6.07, 6.45) is -0.216. The van der Waals surface area contributed by atoms with Gasteiger partial charge < -0.3 is 5.11 Å². The predicted molar refractivity (Wildman–Crippen MR) is 69.3 cm³/mol. The lowest BCUT2D eigenvalue weighted by Crippen LogP contribution is -2.21. The van der Waals surface area contributed by atoms with Crippen LogP contribution in [-0.2, 0) is 4.79 Å². The maximum absolute atomic E-state index is 13.9. The smallest absolute Gasteiger partial charge is 0.305 e. The van der Waals surface area contributed by atoms with Gasteiger partial charge in [0.2, 0.25) is 0 Å². The number of carboxylic acid groups (broad SMARTS) is 1. The van der Waals surface area contributed by atoms with E-state index in [1.54, 1.807) is 13.8 Å². The van der Waals surface area contributed by atoms with Crippen molar-refractivity contribution in [2.75, 3.05) is 0 Å². The Morgan fingerprint density at radius 2 is 2.10 bits per heavy atom. The molecule has 2 rings (SSSR count). The topological polar surface area (TPSA) is 80.9 Å². The van der Waals surface area contributed by atoms with E-state index in [1.807, 2.05) is 0 Å². The minimum Gasteiger partial charge on any atom is -0.481 e. The van der Waals surface area contributed by atoms with E-state index in [0.717, 1.165) is 6.07 Å². The van der Waals surface area contributed by atoms with Crippen LogP contribution in [0.2, 0.25) is 0 Å². The van der Waals surface area contributed by atoms with Gasteiger partial charge in [0.1, 0.15) is 0 Å². The lowest BCUT2D eigenvalue weighted by Gasteiger charge is -2.20. The maximum Gasteiger partial charge on any atom is 0.305 e. The maximum atomic E-state index is 13.9. The fourth-order valence-corrected chi connectivity index (χ4v) is 2.05. The van der Waals surface area contributed by atoms with Crippen molar-refractivity contribution < 1.29 is 18.7 Å². The molecule has 0 aliphatic heterocycles. The van der Waals surface area contributed by atoms with Gasteiger partial charge in [-0.25, -0.2) is 13.5 Å². The molecule has 0 spiro atoms. The van der Waals surface area contributed by atoms with Crippen molar-refractivity contribution in [3.8, 4) is 11.4 Å². The minimum atomic E-state index is -1.06. The fraction of sp³-hybridized carbons (Fsp3) is 0.385. The molecule has 0 radical (unpaired) electrons. The minimum absolute atomic E-state index is 0.00644. The van der Waals surface area contributed by atoms with Gasteiger partial charge in [-0.3, -0.25) is 4.79 Å². The molecule has 8 heteroatoms. The Labute approximate surface area is 119 Å². The lowest BCUT2D eigenvalue weighted by molar-refractivity contribution is -0.138. The molecule has 0 fully saturated rings. The number of tetrazole rings is 1. The fourth-order valence-electron chi connectivity index (χ4n) is 2.05. The van der Waals surface area contributed by atoms with Crippen LogP contribution in [0.1, 0.15) is 26.3 Å². The van der Waals surface area contributed by atoms with Crippen LogP contribution < -0.4 is 0 Å². The van der Waals surface area contributed by atoms with Crippen LogP contribution >= 0.6 is 0 Å². The van der Waals surface area contributed by atoms with E-state index in [1.165, 1.54) is 16.8 Å². The van der Waals surface area contributed by atoms with Crippen LogP contribution in [0, 0.1) is 17.6 Å². The van der Waals surface area contributed by atoms with E-state index in [-0.39, 0.29) is 23.7 Å². The van der Waals surface area contributed by atoms with Crippen LogP contribution in [0.5, 0.6) is 0 Å². The molecule has 112 valence electrons. The van der Waals surface area contributed by atoms with Gasteiger partial charge in [-0.05, 0) is 28.5 Å². The molecule has 1 aromatic heterocycles. The van der Waals surface area contributed by atoms with E-state index in [2.05, 4.69) is 15.5 Å². The van der Waals surface area contributed by atoms with Crippen molar-refractivity contribution in [3.05, 3.63) is 29.8 Å². The summed E-state index contributed by atoms with van der Waals surface area (Å²) in [5, 5.41) is 19.9. The van der Waals surface area contributed by atoms with Crippen molar-refractivity contribution in [3.63, 3.8) is 0 Å². The van der Waals surface area contributed by atoms with E-state index < -0.39 is 23.6 Å². The van der Waals surface area contributed by atoms with Crippen LogP contribution in [0.4, 0.5) is 8.78 Å². The zero-order valence-corrected chi connectivity index (χ0v) is 11.5. The summed E-state index contributed by atoms with van der Waals surface area (Å²) >= 11 is 0. The summed E-state index contributed by atoms with van der Waals surface area (Å²) < 4.78 is 28.4. The highest BCUT2D eigenvalue weighted by molar-refractivity contribution is 5.67. The Bertz CT molecular complexity index is 657. The third-order valence-electron chi connectivity index (χ3n) is 3.15. The number of benzene rings is 1. The summed E-state index contributed by atoms with van der Waals surface area (Å²) in [4.78, 5) is 11.0. The average Bonchev–Trinajstić information content (AvgIpc) is 2.87. The highest BCUT2D eigenvalue weighted by Gasteiger charge is 2.26. The highest BCUT2D eigenvalue weighted by atomic mass is 19.2. The molecule has 1 aromatic carbocycles. The second-order valence-corrected chi connectivity index (χ2v) is 4.96. The normalized spacial score (nSPS) is 12.6. The Kier molecular flexibility index (Phi) is 4.25. The second kappa shape index (κ2) is 5.94. The molecular weight excluding hydrogens is 282 g/mol. The summed E-state index contributed by atoms with van der Waals surface area (Å²) in [7, 11) is 0. The number of nitrogens with zero attached hydrogens (tertiary/aromatic N) is 4. The molecule has 0 bridgehead atoms. The summed E-state index contributed by atoms with van der Waals surface area (Å²) in [5.41, 5.74) is -0.101. The number of halogens is 2. The predicted octanol–water partition coefficient (Wildman–Crippen LogP) is 2.29. The van der Waals surface area contributed by atoms with Crippen molar-refractivity contribution >= 4 is 5.97 Å². The first kappa shape index (κ1) is 15.0. The molecule has 0 aliphatic rings. The standard InChI is InChI=1S/C13H14F2N4O2/c1-7(2)10(6-11(20)21)19-13(16-17-18-19)8-4-3-5-9(14)12(8)15/h3-5,7,10H,6H2,1-2H3,(H,20,21). The van der Waals surface area contributed by atoms with Crippen LogP contribution in [0.15, 0.2) is 18.2 Å². The van der Waals surface area contributed by atoms with E-state index in [4.69, 9.17) is 5.11 Å². The zero-order valence-electron chi connectivity index (χ0n) is 11.5. The molecule has 0 aliphatic carbocycles. The zero-order chi connectivity index (χ0) is 15.6. The molecule has 1 N–H and O–H groups in total. The first-order chi connectivity index (χ1) is 9.91. The van der Waals surface area contributed by atoms with Gasteiger partial charge in [-0.2, -0.15) is 0 Å². The first-order valence-corrected chi connectivity index (χ1v) is 6.35. The molecule has 0 amide bonds. The Balaban J connectivity index is 2.51. The van der Waals surface area contributed by atoms with Gasteiger partial charge in [0, 0.05) is 0 Å². The van der Waals surface area contributed by atoms with Crippen molar-refractivity contribution in [2.45, 2.75) is 26.3 Å². The Morgan fingerprint density at radius 1 is 1.38 bits per heavy atom. The third kappa shape index (κ3) is 3.04. The number of rotatable bonds is 5. The highest BCUT2D eigenvalue weighted by Crippen LogP contribution is 2.28. The lowest BCUT2D eigenvalue weighted by atomic mass is 10.0. The Hall–Kier alpha value is -2.38. The van der Waals surface area contributed by atoms with Crippen molar-refractivity contribution in [2.24, 2.45) is 5.92 Å². The van der Waals surface area contributed by atoms with Crippen molar-refractivity contribution in [1.82, 2.24) is 20.2 Å².